The number of hydrogen-bond donors (Lipinski definition) is 1. The lowest BCUT2D eigenvalue weighted by Gasteiger charge is -2.24. The van der Waals surface area contributed by atoms with Gasteiger partial charge in [0.1, 0.15) is 0 Å². The van der Waals surface area contributed by atoms with Crippen molar-refractivity contribution in [2.45, 2.75) is 57.7 Å². The summed E-state index contributed by atoms with van der Waals surface area (Å²) in [6, 6.07) is 7.77. The number of benzene rings is 1. The van der Waals surface area contributed by atoms with Crippen molar-refractivity contribution in [3.8, 4) is 22.4 Å². The van der Waals surface area contributed by atoms with E-state index >= 15 is 0 Å². The highest BCUT2D eigenvalue weighted by molar-refractivity contribution is 5.73. The summed E-state index contributed by atoms with van der Waals surface area (Å²) in [5, 5.41) is 17.0. The van der Waals surface area contributed by atoms with E-state index in [1.807, 2.05) is 17.9 Å². The molecule has 6 nitrogen and oxygen atoms in total. The summed E-state index contributed by atoms with van der Waals surface area (Å²) in [5.41, 5.74) is 7.18. The van der Waals surface area contributed by atoms with Crippen LogP contribution in [0.2, 0.25) is 0 Å². The first-order valence-corrected chi connectivity index (χ1v) is 9.98. The third kappa shape index (κ3) is 2.98. The number of rotatable bonds is 3. The predicted octanol–water partition coefficient (Wildman–Crippen LogP) is 3.63. The van der Waals surface area contributed by atoms with Crippen molar-refractivity contribution in [1.29, 1.82) is 0 Å². The van der Waals surface area contributed by atoms with Gasteiger partial charge in [-0.3, -0.25) is 4.68 Å². The van der Waals surface area contributed by atoms with Gasteiger partial charge in [-0.05, 0) is 43.4 Å². The van der Waals surface area contributed by atoms with E-state index in [0.717, 1.165) is 24.2 Å². The van der Waals surface area contributed by atoms with Crippen LogP contribution in [0.25, 0.3) is 22.4 Å². The van der Waals surface area contributed by atoms with Crippen LogP contribution >= 0.6 is 0 Å². The van der Waals surface area contributed by atoms with Gasteiger partial charge in [-0.2, -0.15) is 5.10 Å². The van der Waals surface area contributed by atoms with Crippen LogP contribution in [0.1, 0.15) is 49.4 Å². The summed E-state index contributed by atoms with van der Waals surface area (Å²) < 4.78 is 3.94. The first kappa shape index (κ1) is 16.7. The number of aryl methyl sites for hydroxylation is 3. The van der Waals surface area contributed by atoms with E-state index in [-0.39, 0.29) is 0 Å². The Hall–Kier alpha value is -2.47. The molecule has 140 valence electrons. The molecule has 1 saturated carbocycles. The fraction of sp³-hybridized carbons (Fsp3) is 0.476. The molecule has 5 rings (SSSR count). The van der Waals surface area contributed by atoms with E-state index in [1.165, 1.54) is 48.1 Å². The maximum absolute atomic E-state index is 4.39. The smallest absolute Gasteiger partial charge is 0.0918 e. The molecule has 1 aliphatic carbocycles. The minimum absolute atomic E-state index is 0.348. The van der Waals surface area contributed by atoms with Gasteiger partial charge in [0.25, 0.3) is 0 Å². The van der Waals surface area contributed by atoms with Gasteiger partial charge in [0.2, 0.25) is 0 Å². The summed E-state index contributed by atoms with van der Waals surface area (Å²) in [7, 11) is 1.96. The van der Waals surface area contributed by atoms with Crippen LogP contribution < -0.4 is 5.32 Å². The van der Waals surface area contributed by atoms with Crippen LogP contribution in [0, 0.1) is 6.92 Å². The van der Waals surface area contributed by atoms with Gasteiger partial charge in [-0.25, -0.2) is 4.68 Å². The molecule has 3 heterocycles. The molecular formula is C21H26N6. The van der Waals surface area contributed by atoms with Crippen molar-refractivity contribution < 1.29 is 0 Å². The van der Waals surface area contributed by atoms with E-state index in [4.69, 9.17) is 0 Å². The van der Waals surface area contributed by atoms with Crippen molar-refractivity contribution in [3.05, 3.63) is 41.9 Å². The number of nitrogens with zero attached hydrogens (tertiary/aromatic N) is 5. The molecule has 1 fully saturated rings. The SMILES string of the molecule is Cc1nnn2c1-c1ccc(-c3cnn(C)c3)cc1C(NC1CCCC1)CC2. The molecule has 0 saturated heterocycles. The number of aromatic nitrogens is 5. The maximum atomic E-state index is 4.39. The molecular weight excluding hydrogens is 336 g/mol. The Kier molecular flexibility index (Phi) is 4.08. The number of fused-ring (bicyclic) bond motifs is 3. The van der Waals surface area contributed by atoms with E-state index in [0.29, 0.717) is 12.1 Å². The zero-order chi connectivity index (χ0) is 18.4. The highest BCUT2D eigenvalue weighted by Crippen LogP contribution is 2.38. The quantitative estimate of drug-likeness (QED) is 0.773. The lowest BCUT2D eigenvalue weighted by molar-refractivity contribution is 0.398. The maximum Gasteiger partial charge on any atom is 0.0918 e. The highest BCUT2D eigenvalue weighted by Gasteiger charge is 2.28. The van der Waals surface area contributed by atoms with Crippen molar-refractivity contribution in [1.82, 2.24) is 30.1 Å². The standard InChI is InChI=1S/C21H26N6/c1-14-21-18-8-7-15(16-12-22-26(2)13-16)11-19(18)20(9-10-27(21)25-24-14)23-17-5-3-4-6-17/h7-8,11-13,17,20,23H,3-6,9-10H2,1-2H3. The van der Waals surface area contributed by atoms with Crippen LogP contribution in [-0.2, 0) is 13.6 Å². The summed E-state index contributed by atoms with van der Waals surface area (Å²) in [6.07, 6.45) is 10.3. The zero-order valence-corrected chi connectivity index (χ0v) is 16.0. The average molecular weight is 362 g/mol. The largest absolute Gasteiger partial charge is 0.307 e. The third-order valence-electron chi connectivity index (χ3n) is 6.05. The van der Waals surface area contributed by atoms with Gasteiger partial charge < -0.3 is 5.32 Å². The molecule has 1 aliphatic heterocycles. The minimum Gasteiger partial charge on any atom is -0.307 e. The summed E-state index contributed by atoms with van der Waals surface area (Å²) in [5.74, 6) is 0. The van der Waals surface area contributed by atoms with Crippen molar-refractivity contribution in [2.24, 2.45) is 7.05 Å². The molecule has 1 N–H and O–H groups in total. The van der Waals surface area contributed by atoms with Gasteiger partial charge in [-0.15, -0.1) is 5.10 Å². The molecule has 1 unspecified atom stereocenters. The second-order valence-electron chi connectivity index (χ2n) is 7.94. The van der Waals surface area contributed by atoms with Gasteiger partial charge in [0.05, 0.1) is 17.6 Å². The van der Waals surface area contributed by atoms with E-state index in [1.54, 1.807) is 0 Å². The lowest BCUT2D eigenvalue weighted by atomic mass is 9.92. The first-order valence-electron chi connectivity index (χ1n) is 9.98. The van der Waals surface area contributed by atoms with Crippen molar-refractivity contribution in [2.75, 3.05) is 0 Å². The molecule has 0 radical (unpaired) electrons. The second-order valence-corrected chi connectivity index (χ2v) is 7.94. The second kappa shape index (κ2) is 6.60. The topological polar surface area (TPSA) is 60.6 Å². The van der Waals surface area contributed by atoms with Crippen LogP contribution in [0.5, 0.6) is 0 Å². The van der Waals surface area contributed by atoms with Gasteiger partial charge in [0, 0.05) is 43.0 Å². The summed E-state index contributed by atoms with van der Waals surface area (Å²) in [6.45, 7) is 2.96. The van der Waals surface area contributed by atoms with Gasteiger partial charge >= 0.3 is 0 Å². The number of hydrogen-bond acceptors (Lipinski definition) is 4. The Morgan fingerprint density at radius 3 is 2.74 bits per heavy atom. The zero-order valence-electron chi connectivity index (χ0n) is 16.0. The number of nitrogens with one attached hydrogen (secondary N) is 1. The molecule has 27 heavy (non-hydrogen) atoms. The molecule has 0 bridgehead atoms. The molecule has 3 aromatic rings. The van der Waals surface area contributed by atoms with Crippen LogP contribution in [-0.4, -0.2) is 30.8 Å². The van der Waals surface area contributed by atoms with Crippen molar-refractivity contribution in [3.63, 3.8) is 0 Å². The minimum atomic E-state index is 0.348. The fourth-order valence-corrected chi connectivity index (χ4v) is 4.66. The van der Waals surface area contributed by atoms with Gasteiger partial charge in [-0.1, -0.05) is 30.2 Å². The Labute approximate surface area is 159 Å². The predicted molar refractivity (Wildman–Crippen MR) is 105 cm³/mol. The van der Waals surface area contributed by atoms with E-state index < -0.39 is 0 Å². The molecule has 0 amide bonds. The van der Waals surface area contributed by atoms with E-state index in [9.17, 15) is 0 Å². The molecule has 6 heteroatoms. The summed E-state index contributed by atoms with van der Waals surface area (Å²) >= 11 is 0. The molecule has 2 aromatic heterocycles. The molecule has 1 atom stereocenters. The monoisotopic (exact) mass is 362 g/mol. The Morgan fingerprint density at radius 1 is 1.11 bits per heavy atom. The molecule has 0 spiro atoms. The Bertz CT molecular complexity index is 963. The van der Waals surface area contributed by atoms with Crippen LogP contribution in [0.4, 0.5) is 0 Å². The Balaban J connectivity index is 1.61. The first-order chi connectivity index (χ1) is 13.2. The third-order valence-corrected chi connectivity index (χ3v) is 6.05. The van der Waals surface area contributed by atoms with Gasteiger partial charge in [0.15, 0.2) is 0 Å². The highest BCUT2D eigenvalue weighted by atomic mass is 15.4. The average Bonchev–Trinajstić information content (AvgIpc) is 3.38. The molecule has 2 aliphatic rings. The Morgan fingerprint density at radius 2 is 1.96 bits per heavy atom. The normalized spacial score (nSPS) is 19.7. The van der Waals surface area contributed by atoms with E-state index in [2.05, 4.69) is 56.7 Å². The van der Waals surface area contributed by atoms with Crippen LogP contribution in [0.3, 0.4) is 0 Å². The fourth-order valence-electron chi connectivity index (χ4n) is 4.66. The molecule has 1 aromatic carbocycles. The lowest BCUT2D eigenvalue weighted by Crippen LogP contribution is -2.31. The van der Waals surface area contributed by atoms with Crippen LogP contribution in [0.15, 0.2) is 30.6 Å². The summed E-state index contributed by atoms with van der Waals surface area (Å²) in [4.78, 5) is 0. The van der Waals surface area contributed by atoms with Crippen molar-refractivity contribution >= 4 is 0 Å².